The van der Waals surface area contributed by atoms with Crippen LogP contribution in [0.15, 0.2) is 23.3 Å². The summed E-state index contributed by atoms with van der Waals surface area (Å²) in [6.45, 7) is 7.14. The second-order valence-corrected chi connectivity index (χ2v) is 8.73. The van der Waals surface area contributed by atoms with Crippen LogP contribution in [0.25, 0.3) is 0 Å². The molecule has 200 valence electrons. The molecule has 0 saturated carbocycles. The first-order valence-electron chi connectivity index (χ1n) is 12.0. The van der Waals surface area contributed by atoms with Crippen LogP contribution in [-0.4, -0.2) is 59.8 Å². The zero-order chi connectivity index (χ0) is 26.7. The molecule has 0 amide bonds. The fourth-order valence-electron chi connectivity index (χ4n) is 4.30. The Kier molecular flexibility index (Phi) is 11.9. The van der Waals surface area contributed by atoms with Crippen LogP contribution in [0.1, 0.15) is 53.7 Å². The Hall–Kier alpha value is -2.88. The number of hydrogen-bond acceptors (Lipinski definition) is 9. The van der Waals surface area contributed by atoms with E-state index in [2.05, 4.69) is 0 Å². The molecule has 0 radical (unpaired) electrons. The van der Waals surface area contributed by atoms with E-state index >= 15 is 0 Å². The highest BCUT2D eigenvalue weighted by atomic mass is 16.7. The molecule has 2 rings (SSSR count). The van der Waals surface area contributed by atoms with E-state index < -0.39 is 5.97 Å². The van der Waals surface area contributed by atoms with E-state index in [-0.39, 0.29) is 25.3 Å². The number of esters is 2. The van der Waals surface area contributed by atoms with E-state index in [1.54, 1.807) is 14.2 Å². The van der Waals surface area contributed by atoms with E-state index in [0.717, 1.165) is 27.8 Å². The van der Waals surface area contributed by atoms with Crippen molar-refractivity contribution in [3.63, 3.8) is 0 Å². The molecule has 1 aliphatic rings. The van der Waals surface area contributed by atoms with Crippen molar-refractivity contribution in [2.24, 2.45) is 11.7 Å². The number of rotatable bonds is 15. The largest absolute Gasteiger partial charge is 0.496 e. The SMILES string of the molecule is COCCOCOc1c(C/C=C(\C)CC(C/C(C)=C/CN)C(=O)OC)c(OC)c(C)c2c1C(=O)OC2. The third kappa shape index (κ3) is 7.56. The van der Waals surface area contributed by atoms with E-state index in [1.807, 2.05) is 32.9 Å². The summed E-state index contributed by atoms with van der Waals surface area (Å²) in [5.41, 5.74) is 10.4. The second-order valence-electron chi connectivity index (χ2n) is 8.73. The van der Waals surface area contributed by atoms with Crippen molar-refractivity contribution in [1.82, 2.24) is 0 Å². The molecule has 1 heterocycles. The van der Waals surface area contributed by atoms with Crippen molar-refractivity contribution < 1.29 is 38.0 Å². The van der Waals surface area contributed by atoms with Gasteiger partial charge in [-0.2, -0.15) is 0 Å². The van der Waals surface area contributed by atoms with Crippen LogP contribution in [0.3, 0.4) is 0 Å². The number of carbonyl (C=O) groups is 2. The number of hydrogen-bond donors (Lipinski definition) is 1. The van der Waals surface area contributed by atoms with Crippen molar-refractivity contribution in [3.8, 4) is 11.5 Å². The van der Waals surface area contributed by atoms with Crippen molar-refractivity contribution in [2.75, 3.05) is 47.9 Å². The number of benzene rings is 1. The normalized spacial score (nSPS) is 14.4. The predicted octanol–water partition coefficient (Wildman–Crippen LogP) is 3.64. The molecule has 2 N–H and O–H groups in total. The highest BCUT2D eigenvalue weighted by Gasteiger charge is 2.33. The van der Waals surface area contributed by atoms with Crippen LogP contribution in [0, 0.1) is 12.8 Å². The molecule has 0 fully saturated rings. The first-order valence-corrected chi connectivity index (χ1v) is 12.0. The molecule has 0 spiro atoms. The summed E-state index contributed by atoms with van der Waals surface area (Å²) < 4.78 is 32.5. The van der Waals surface area contributed by atoms with Gasteiger partial charge < -0.3 is 34.2 Å². The molecule has 1 aliphatic heterocycles. The summed E-state index contributed by atoms with van der Waals surface area (Å²) in [6.07, 6.45) is 5.43. The van der Waals surface area contributed by atoms with Crippen molar-refractivity contribution >= 4 is 11.9 Å². The maximum absolute atomic E-state index is 12.6. The number of fused-ring (bicyclic) bond motifs is 1. The quantitative estimate of drug-likeness (QED) is 0.165. The lowest BCUT2D eigenvalue weighted by atomic mass is 9.91. The summed E-state index contributed by atoms with van der Waals surface area (Å²) >= 11 is 0. The zero-order valence-electron chi connectivity index (χ0n) is 22.2. The van der Waals surface area contributed by atoms with Gasteiger partial charge in [0.15, 0.2) is 6.79 Å². The Morgan fingerprint density at radius 1 is 1.08 bits per heavy atom. The standard InChI is InChI=1S/C27H39NO8/c1-17(13-20(26(29)33-6)14-18(2)9-10-28)7-8-21-24(32-5)19(3)22-15-35-27(30)23(22)25(21)36-16-34-12-11-31-4/h7,9,20H,8,10-16,28H2,1-6H3/b17-7+,18-9+. The van der Waals surface area contributed by atoms with Gasteiger partial charge in [-0.25, -0.2) is 4.79 Å². The minimum absolute atomic E-state index is 0.0534. The summed E-state index contributed by atoms with van der Waals surface area (Å²) in [4.78, 5) is 25.0. The first-order chi connectivity index (χ1) is 17.3. The van der Waals surface area contributed by atoms with Crippen LogP contribution in [-0.2, 0) is 36.8 Å². The van der Waals surface area contributed by atoms with Crippen LogP contribution >= 0.6 is 0 Å². The van der Waals surface area contributed by atoms with Gasteiger partial charge in [0.1, 0.15) is 23.7 Å². The fraction of sp³-hybridized carbons (Fsp3) is 0.556. The molecular weight excluding hydrogens is 466 g/mol. The third-order valence-electron chi connectivity index (χ3n) is 6.14. The van der Waals surface area contributed by atoms with E-state index in [4.69, 9.17) is 34.2 Å². The molecule has 1 aromatic carbocycles. The van der Waals surface area contributed by atoms with Gasteiger partial charge in [0, 0.05) is 24.8 Å². The second kappa shape index (κ2) is 14.6. The van der Waals surface area contributed by atoms with Gasteiger partial charge in [-0.1, -0.05) is 23.3 Å². The molecule has 36 heavy (non-hydrogen) atoms. The van der Waals surface area contributed by atoms with Gasteiger partial charge in [-0.15, -0.1) is 0 Å². The topological polar surface area (TPSA) is 116 Å². The molecule has 0 saturated heterocycles. The maximum Gasteiger partial charge on any atom is 0.342 e. The molecule has 9 heteroatoms. The number of nitrogens with two attached hydrogens (primary N) is 1. The van der Waals surface area contributed by atoms with Gasteiger partial charge in [-0.3, -0.25) is 4.79 Å². The van der Waals surface area contributed by atoms with Gasteiger partial charge in [0.2, 0.25) is 0 Å². The van der Waals surface area contributed by atoms with E-state index in [1.165, 1.54) is 7.11 Å². The number of allylic oxidation sites excluding steroid dienone is 3. The average molecular weight is 506 g/mol. The van der Waals surface area contributed by atoms with Crippen LogP contribution in [0.2, 0.25) is 0 Å². The number of carbonyl (C=O) groups excluding carboxylic acids is 2. The van der Waals surface area contributed by atoms with Crippen LogP contribution < -0.4 is 15.2 Å². The predicted molar refractivity (Wildman–Crippen MR) is 135 cm³/mol. The first kappa shape index (κ1) is 29.4. The lowest BCUT2D eigenvalue weighted by Crippen LogP contribution is -2.17. The van der Waals surface area contributed by atoms with Gasteiger partial charge in [-0.05, 0) is 45.6 Å². The molecule has 0 bridgehead atoms. The maximum atomic E-state index is 12.6. The minimum Gasteiger partial charge on any atom is -0.496 e. The Bertz CT molecular complexity index is 983. The number of methoxy groups -OCH3 is 3. The fourth-order valence-corrected chi connectivity index (χ4v) is 4.30. The monoisotopic (exact) mass is 505 g/mol. The molecule has 1 atom stereocenters. The Morgan fingerprint density at radius 2 is 1.78 bits per heavy atom. The van der Waals surface area contributed by atoms with Crippen molar-refractivity contribution in [2.45, 2.75) is 46.6 Å². The Morgan fingerprint density at radius 3 is 2.39 bits per heavy atom. The summed E-state index contributed by atoms with van der Waals surface area (Å²) in [5.74, 6) is 0.00504. The van der Waals surface area contributed by atoms with Crippen molar-refractivity contribution in [1.29, 1.82) is 0 Å². The van der Waals surface area contributed by atoms with E-state index in [9.17, 15) is 9.59 Å². The van der Waals surface area contributed by atoms with Crippen molar-refractivity contribution in [3.05, 3.63) is 45.6 Å². The minimum atomic E-state index is -0.433. The third-order valence-corrected chi connectivity index (χ3v) is 6.14. The van der Waals surface area contributed by atoms with Gasteiger partial charge >= 0.3 is 11.9 Å². The molecule has 1 aromatic rings. The Labute approximate surface area is 213 Å². The smallest absolute Gasteiger partial charge is 0.342 e. The average Bonchev–Trinajstić information content (AvgIpc) is 3.24. The molecule has 1 unspecified atom stereocenters. The number of ether oxygens (including phenoxy) is 6. The van der Waals surface area contributed by atoms with Gasteiger partial charge in [0.25, 0.3) is 0 Å². The van der Waals surface area contributed by atoms with Gasteiger partial charge in [0.05, 0.1) is 33.4 Å². The van der Waals surface area contributed by atoms with Crippen LogP contribution in [0.4, 0.5) is 0 Å². The summed E-state index contributed by atoms with van der Waals surface area (Å²) in [6, 6.07) is 0. The zero-order valence-corrected chi connectivity index (χ0v) is 22.2. The summed E-state index contributed by atoms with van der Waals surface area (Å²) in [5, 5.41) is 0. The summed E-state index contributed by atoms with van der Waals surface area (Å²) in [7, 11) is 4.57. The van der Waals surface area contributed by atoms with Crippen LogP contribution in [0.5, 0.6) is 11.5 Å². The highest BCUT2D eigenvalue weighted by molar-refractivity contribution is 5.98. The van der Waals surface area contributed by atoms with E-state index in [0.29, 0.717) is 56.1 Å². The molecular formula is C27H39NO8. The lowest BCUT2D eigenvalue weighted by Gasteiger charge is -2.20. The molecule has 0 aliphatic carbocycles. The lowest BCUT2D eigenvalue weighted by molar-refractivity contribution is -0.145. The molecule has 9 nitrogen and oxygen atoms in total. The number of cyclic esters (lactones) is 1. The Balaban J connectivity index is 2.36. The molecule has 0 aromatic heterocycles. The highest BCUT2D eigenvalue weighted by Crippen LogP contribution is 2.43.